The number of aliphatic hydroxyl groups is 1. The van der Waals surface area contributed by atoms with Gasteiger partial charge in [-0.3, -0.25) is 0 Å². The zero-order chi connectivity index (χ0) is 9.84. The Bertz CT molecular complexity index is 147. The molecular weight excluding hydrogens is 176 g/mol. The topological polar surface area (TPSA) is 23.5 Å². The van der Waals surface area contributed by atoms with Gasteiger partial charge in [-0.25, -0.2) is 8.78 Å². The zero-order valence-corrected chi connectivity index (χ0v) is 7.92. The van der Waals surface area contributed by atoms with E-state index in [9.17, 15) is 13.9 Å². The number of hydrogen-bond donors (Lipinski definition) is 1. The molecule has 13 heavy (non-hydrogen) atoms. The molecule has 0 aromatic heterocycles. The van der Waals surface area contributed by atoms with Gasteiger partial charge in [0.25, 0.3) is 0 Å². The second-order valence-electron chi connectivity index (χ2n) is 3.84. The van der Waals surface area contributed by atoms with Gasteiger partial charge in [-0.15, -0.1) is 0 Å². The zero-order valence-electron chi connectivity index (χ0n) is 7.92. The Morgan fingerprint density at radius 1 is 1.38 bits per heavy atom. The van der Waals surface area contributed by atoms with Crippen molar-refractivity contribution in [2.24, 2.45) is 5.92 Å². The van der Waals surface area contributed by atoms with Crippen LogP contribution in [0.2, 0.25) is 0 Å². The van der Waals surface area contributed by atoms with Crippen LogP contribution in [0.15, 0.2) is 0 Å². The Hall–Kier alpha value is -0.220. The fourth-order valence-electron chi connectivity index (χ4n) is 1.59. The fraction of sp³-hybridized carbons (Fsp3) is 1.00. The third-order valence-electron chi connectivity index (χ3n) is 2.53. The van der Waals surface area contributed by atoms with Crippen LogP contribution >= 0.6 is 0 Å². The Balaban J connectivity index is 2.22. The van der Waals surface area contributed by atoms with Gasteiger partial charge in [-0.1, -0.05) is 6.92 Å². The average molecular weight is 193 g/mol. The number of nitrogens with zero attached hydrogens (tertiary/aromatic N) is 1. The van der Waals surface area contributed by atoms with Gasteiger partial charge in [0.05, 0.1) is 6.10 Å². The summed E-state index contributed by atoms with van der Waals surface area (Å²) >= 11 is 0. The molecule has 1 rings (SSSR count). The van der Waals surface area contributed by atoms with E-state index >= 15 is 0 Å². The summed E-state index contributed by atoms with van der Waals surface area (Å²) in [4.78, 5) is 2.00. The standard InChI is InChI=1S/C9H17F2NO/c1-7(9(10)11)6-12-4-2-8(13)3-5-12/h7-9,13H,2-6H2,1H3. The molecule has 0 radical (unpaired) electrons. The smallest absolute Gasteiger partial charge is 0.242 e. The normalized spacial score (nSPS) is 23.8. The van der Waals surface area contributed by atoms with E-state index < -0.39 is 12.3 Å². The Morgan fingerprint density at radius 2 is 1.92 bits per heavy atom. The molecular formula is C9H17F2NO. The van der Waals surface area contributed by atoms with Crippen molar-refractivity contribution in [3.63, 3.8) is 0 Å². The number of hydrogen-bond acceptors (Lipinski definition) is 2. The second-order valence-corrected chi connectivity index (χ2v) is 3.84. The highest BCUT2D eigenvalue weighted by atomic mass is 19.3. The lowest BCUT2D eigenvalue weighted by Crippen LogP contribution is -2.39. The van der Waals surface area contributed by atoms with Crippen molar-refractivity contribution in [3.8, 4) is 0 Å². The first-order valence-electron chi connectivity index (χ1n) is 4.78. The molecule has 0 bridgehead atoms. The highest BCUT2D eigenvalue weighted by molar-refractivity contribution is 4.73. The first-order chi connectivity index (χ1) is 6.09. The molecule has 0 aliphatic carbocycles. The maximum Gasteiger partial charge on any atom is 0.242 e. The number of likely N-dealkylation sites (tertiary alicyclic amines) is 1. The van der Waals surface area contributed by atoms with E-state index in [0.29, 0.717) is 6.54 Å². The molecule has 0 amide bonds. The van der Waals surface area contributed by atoms with Crippen LogP contribution in [0, 0.1) is 5.92 Å². The number of rotatable bonds is 3. The largest absolute Gasteiger partial charge is 0.393 e. The predicted octanol–water partition coefficient (Wildman–Crippen LogP) is 1.34. The highest BCUT2D eigenvalue weighted by Crippen LogP contribution is 2.15. The van der Waals surface area contributed by atoms with Gasteiger partial charge in [0.2, 0.25) is 6.43 Å². The molecule has 1 fully saturated rings. The van der Waals surface area contributed by atoms with Crippen LogP contribution < -0.4 is 0 Å². The van der Waals surface area contributed by atoms with Crippen LogP contribution in [-0.4, -0.2) is 42.2 Å². The predicted molar refractivity (Wildman–Crippen MR) is 46.8 cm³/mol. The van der Waals surface area contributed by atoms with Crippen molar-refractivity contribution >= 4 is 0 Å². The lowest BCUT2D eigenvalue weighted by molar-refractivity contribution is 0.0355. The van der Waals surface area contributed by atoms with Gasteiger partial charge < -0.3 is 10.0 Å². The molecule has 2 nitrogen and oxygen atoms in total. The summed E-state index contributed by atoms with van der Waals surface area (Å²) in [7, 11) is 0. The molecule has 1 aliphatic rings. The van der Waals surface area contributed by atoms with E-state index in [-0.39, 0.29) is 6.10 Å². The van der Waals surface area contributed by atoms with Gasteiger partial charge in [-0.2, -0.15) is 0 Å². The van der Waals surface area contributed by atoms with Crippen molar-refractivity contribution < 1.29 is 13.9 Å². The van der Waals surface area contributed by atoms with Crippen LogP contribution in [0.25, 0.3) is 0 Å². The number of piperidine rings is 1. The maximum atomic E-state index is 12.2. The fourth-order valence-corrected chi connectivity index (χ4v) is 1.59. The van der Waals surface area contributed by atoms with E-state index in [1.54, 1.807) is 6.92 Å². The van der Waals surface area contributed by atoms with Gasteiger partial charge in [-0.05, 0) is 12.8 Å². The molecule has 1 heterocycles. The van der Waals surface area contributed by atoms with Crippen molar-refractivity contribution in [3.05, 3.63) is 0 Å². The minimum Gasteiger partial charge on any atom is -0.393 e. The highest BCUT2D eigenvalue weighted by Gasteiger charge is 2.22. The average Bonchev–Trinajstić information content (AvgIpc) is 2.08. The summed E-state index contributed by atoms with van der Waals surface area (Å²) in [6.07, 6.45) is -1.02. The van der Waals surface area contributed by atoms with E-state index in [4.69, 9.17) is 0 Å². The van der Waals surface area contributed by atoms with Gasteiger partial charge in [0.1, 0.15) is 0 Å². The number of aliphatic hydroxyl groups excluding tert-OH is 1. The van der Waals surface area contributed by atoms with Crippen molar-refractivity contribution in [1.29, 1.82) is 0 Å². The molecule has 0 aromatic carbocycles. The molecule has 0 aromatic rings. The first-order valence-corrected chi connectivity index (χ1v) is 4.78. The molecule has 0 saturated carbocycles. The Morgan fingerprint density at radius 3 is 2.38 bits per heavy atom. The van der Waals surface area contributed by atoms with E-state index in [1.165, 1.54) is 0 Å². The van der Waals surface area contributed by atoms with Crippen molar-refractivity contribution in [2.75, 3.05) is 19.6 Å². The monoisotopic (exact) mass is 193 g/mol. The summed E-state index contributed by atoms with van der Waals surface area (Å²) in [5.41, 5.74) is 0. The van der Waals surface area contributed by atoms with Crippen LogP contribution in [0.1, 0.15) is 19.8 Å². The summed E-state index contributed by atoms with van der Waals surface area (Å²) in [5, 5.41) is 9.20. The number of alkyl halides is 2. The molecule has 1 unspecified atom stereocenters. The van der Waals surface area contributed by atoms with Gasteiger partial charge in [0.15, 0.2) is 0 Å². The third kappa shape index (κ3) is 3.56. The van der Waals surface area contributed by atoms with Crippen LogP contribution in [0.3, 0.4) is 0 Å². The van der Waals surface area contributed by atoms with Crippen molar-refractivity contribution in [1.82, 2.24) is 4.90 Å². The minimum absolute atomic E-state index is 0.224. The molecule has 78 valence electrons. The quantitative estimate of drug-likeness (QED) is 0.731. The molecule has 1 atom stereocenters. The van der Waals surface area contributed by atoms with E-state index in [0.717, 1.165) is 25.9 Å². The molecule has 0 spiro atoms. The third-order valence-corrected chi connectivity index (χ3v) is 2.53. The van der Waals surface area contributed by atoms with Crippen LogP contribution in [0.4, 0.5) is 8.78 Å². The Labute approximate surface area is 77.5 Å². The van der Waals surface area contributed by atoms with Crippen molar-refractivity contribution in [2.45, 2.75) is 32.3 Å². The maximum absolute atomic E-state index is 12.2. The summed E-state index contributed by atoms with van der Waals surface area (Å²) in [6, 6.07) is 0. The number of halogens is 2. The van der Waals surface area contributed by atoms with Crippen LogP contribution in [0.5, 0.6) is 0 Å². The minimum atomic E-state index is -2.23. The Kier molecular flexibility index (Phi) is 4.06. The van der Waals surface area contributed by atoms with Crippen LogP contribution in [-0.2, 0) is 0 Å². The molecule has 1 N–H and O–H groups in total. The summed E-state index contributed by atoms with van der Waals surface area (Å²) < 4.78 is 24.4. The summed E-state index contributed by atoms with van der Waals surface area (Å²) in [6.45, 7) is 3.51. The lowest BCUT2D eigenvalue weighted by Gasteiger charge is -2.31. The second kappa shape index (κ2) is 4.86. The molecule has 1 aliphatic heterocycles. The van der Waals surface area contributed by atoms with E-state index in [1.807, 2.05) is 4.90 Å². The summed E-state index contributed by atoms with van der Waals surface area (Å²) in [5.74, 6) is -0.560. The molecule has 1 saturated heterocycles. The van der Waals surface area contributed by atoms with Gasteiger partial charge in [0, 0.05) is 25.6 Å². The van der Waals surface area contributed by atoms with Gasteiger partial charge >= 0.3 is 0 Å². The van der Waals surface area contributed by atoms with E-state index in [2.05, 4.69) is 0 Å². The SMILES string of the molecule is CC(CN1CCC(O)CC1)C(F)F. The first kappa shape index (κ1) is 10.9. The lowest BCUT2D eigenvalue weighted by atomic mass is 10.1. The molecule has 4 heteroatoms.